The number of hydrogen-bond donors (Lipinski definition) is 0. The van der Waals surface area contributed by atoms with Crippen molar-refractivity contribution < 1.29 is 38.2 Å². The molecule has 0 aromatic rings. The zero-order chi connectivity index (χ0) is 32.9. The van der Waals surface area contributed by atoms with E-state index in [0.29, 0.717) is 12.8 Å². The number of rotatable bonds is 29. The molecule has 0 saturated carbocycles. The minimum Gasteiger partial charge on any atom is -0.544 e. The largest absolute Gasteiger partial charge is 0.544 e. The Balaban J connectivity index is 4.59. The molecule has 0 amide bonds. The fourth-order valence-corrected chi connectivity index (χ4v) is 4.52. The molecule has 0 bridgehead atoms. The summed E-state index contributed by atoms with van der Waals surface area (Å²) >= 11 is 0. The van der Waals surface area contributed by atoms with Crippen LogP contribution in [0.2, 0.25) is 0 Å². The smallest absolute Gasteiger partial charge is 0.306 e. The van der Waals surface area contributed by atoms with Crippen molar-refractivity contribution in [3.63, 3.8) is 0 Å². The van der Waals surface area contributed by atoms with E-state index in [1.165, 1.54) is 38.5 Å². The van der Waals surface area contributed by atoms with Gasteiger partial charge in [0.05, 0.1) is 40.3 Å². The SMILES string of the molecule is CCCC/C=C/C=C/CCCCCC(=O)OC(COCCC(C(=O)[O-])[N+](C)(C)C)COC(=O)CCC/C=C/CCCCCC. The van der Waals surface area contributed by atoms with Crippen LogP contribution in [0, 0.1) is 0 Å². The second-order valence-electron chi connectivity index (χ2n) is 12.4. The Morgan fingerprint density at radius 1 is 0.682 bits per heavy atom. The summed E-state index contributed by atoms with van der Waals surface area (Å²) in [5.74, 6) is -1.83. The number of likely N-dealkylation sites (N-methyl/N-ethyl adjacent to an activating group) is 1. The first-order valence-electron chi connectivity index (χ1n) is 17.0. The van der Waals surface area contributed by atoms with E-state index in [-0.39, 0.29) is 49.1 Å². The highest BCUT2D eigenvalue weighted by Gasteiger charge is 2.25. The van der Waals surface area contributed by atoms with Crippen molar-refractivity contribution in [2.75, 3.05) is 41.0 Å². The van der Waals surface area contributed by atoms with Gasteiger partial charge in [0.15, 0.2) is 6.10 Å². The van der Waals surface area contributed by atoms with E-state index in [4.69, 9.17) is 14.2 Å². The van der Waals surface area contributed by atoms with Gasteiger partial charge >= 0.3 is 11.9 Å². The first-order chi connectivity index (χ1) is 21.1. The molecule has 0 radical (unpaired) electrons. The highest BCUT2D eigenvalue weighted by Crippen LogP contribution is 2.11. The molecule has 0 rings (SSSR count). The quantitative estimate of drug-likeness (QED) is 0.0304. The van der Waals surface area contributed by atoms with E-state index >= 15 is 0 Å². The molecular formula is C36H63NO7. The van der Waals surface area contributed by atoms with Crippen molar-refractivity contribution in [2.24, 2.45) is 0 Å². The summed E-state index contributed by atoms with van der Waals surface area (Å²) in [6.07, 6.45) is 27.6. The van der Waals surface area contributed by atoms with Crippen LogP contribution in [0.25, 0.3) is 0 Å². The Bertz CT molecular complexity index is 829. The molecule has 0 spiro atoms. The third-order valence-electron chi connectivity index (χ3n) is 7.28. The number of hydrogen-bond acceptors (Lipinski definition) is 7. The molecule has 0 fully saturated rings. The van der Waals surface area contributed by atoms with Gasteiger partial charge in [-0.2, -0.15) is 0 Å². The molecule has 44 heavy (non-hydrogen) atoms. The van der Waals surface area contributed by atoms with Crippen LogP contribution in [0.4, 0.5) is 0 Å². The number of allylic oxidation sites excluding steroid dienone is 6. The highest BCUT2D eigenvalue weighted by molar-refractivity contribution is 5.70. The van der Waals surface area contributed by atoms with Gasteiger partial charge in [-0.1, -0.05) is 88.8 Å². The van der Waals surface area contributed by atoms with Crippen molar-refractivity contribution in [3.05, 3.63) is 36.5 Å². The van der Waals surface area contributed by atoms with E-state index in [0.717, 1.165) is 44.9 Å². The number of carboxylic acid groups (broad SMARTS) is 1. The predicted octanol–water partition coefficient (Wildman–Crippen LogP) is 6.62. The first-order valence-corrected chi connectivity index (χ1v) is 17.0. The third kappa shape index (κ3) is 26.0. The van der Waals surface area contributed by atoms with Crippen LogP contribution >= 0.6 is 0 Å². The van der Waals surface area contributed by atoms with Crippen LogP contribution in [0.3, 0.4) is 0 Å². The molecular weight excluding hydrogens is 558 g/mol. The van der Waals surface area contributed by atoms with Gasteiger partial charge < -0.3 is 28.6 Å². The Morgan fingerprint density at radius 3 is 1.86 bits per heavy atom. The number of esters is 2. The summed E-state index contributed by atoms with van der Waals surface area (Å²) in [5.41, 5.74) is 0. The van der Waals surface area contributed by atoms with Crippen molar-refractivity contribution in [2.45, 2.75) is 135 Å². The van der Waals surface area contributed by atoms with Crippen LogP contribution in [0.5, 0.6) is 0 Å². The molecule has 0 heterocycles. The lowest BCUT2D eigenvalue weighted by Crippen LogP contribution is -2.55. The summed E-state index contributed by atoms with van der Waals surface area (Å²) in [6, 6.07) is -0.730. The lowest BCUT2D eigenvalue weighted by atomic mass is 10.1. The lowest BCUT2D eigenvalue weighted by molar-refractivity contribution is -0.889. The van der Waals surface area contributed by atoms with Gasteiger partial charge in [-0.15, -0.1) is 0 Å². The molecule has 0 aromatic heterocycles. The first kappa shape index (κ1) is 41.5. The molecule has 0 aliphatic rings. The molecule has 2 unspecified atom stereocenters. The average Bonchev–Trinajstić information content (AvgIpc) is 2.96. The number of carboxylic acids is 1. The van der Waals surface area contributed by atoms with Crippen molar-refractivity contribution in [1.29, 1.82) is 0 Å². The number of carbonyl (C=O) groups excluding carboxylic acids is 3. The summed E-state index contributed by atoms with van der Waals surface area (Å²) < 4.78 is 16.9. The third-order valence-corrected chi connectivity index (χ3v) is 7.28. The standard InChI is InChI=1S/C36H63NO7/c1-6-8-10-12-14-16-17-19-21-23-25-27-35(39)44-32(30-42-29-28-33(36(40)41)37(3,4)5)31-43-34(38)26-24-22-20-18-15-13-11-9-7-2/h12,14,16-18,20,32-33H,6-11,13,15,19,21-31H2,1-5H3/b14-12+,17-16+,20-18+. The van der Waals surface area contributed by atoms with Crippen LogP contribution in [-0.4, -0.2) is 75.5 Å². The molecule has 0 aliphatic heterocycles. The second-order valence-corrected chi connectivity index (χ2v) is 12.4. The molecule has 0 aliphatic carbocycles. The number of carbonyl (C=O) groups is 3. The van der Waals surface area contributed by atoms with Gasteiger partial charge in [0, 0.05) is 19.3 Å². The summed E-state index contributed by atoms with van der Waals surface area (Å²) in [5, 5.41) is 11.5. The zero-order valence-electron chi connectivity index (χ0n) is 28.6. The topological polar surface area (TPSA) is 102 Å². The van der Waals surface area contributed by atoms with Crippen LogP contribution in [0.1, 0.15) is 123 Å². The van der Waals surface area contributed by atoms with Crippen LogP contribution < -0.4 is 5.11 Å². The maximum atomic E-state index is 12.5. The fourth-order valence-electron chi connectivity index (χ4n) is 4.52. The van der Waals surface area contributed by atoms with Gasteiger partial charge in [0.25, 0.3) is 0 Å². The number of unbranched alkanes of at least 4 members (excludes halogenated alkanes) is 10. The number of ether oxygens (including phenoxy) is 3. The average molecular weight is 622 g/mol. The number of quaternary nitrogens is 1. The maximum Gasteiger partial charge on any atom is 0.306 e. The maximum absolute atomic E-state index is 12.5. The van der Waals surface area contributed by atoms with Crippen molar-refractivity contribution in [1.82, 2.24) is 0 Å². The molecule has 0 N–H and O–H groups in total. The highest BCUT2D eigenvalue weighted by atomic mass is 16.6. The molecule has 8 heteroatoms. The second kappa shape index (κ2) is 28.1. The van der Waals surface area contributed by atoms with E-state index in [2.05, 4.69) is 50.3 Å². The van der Waals surface area contributed by atoms with Gasteiger partial charge in [-0.3, -0.25) is 9.59 Å². The Morgan fingerprint density at radius 2 is 1.25 bits per heavy atom. The molecule has 8 nitrogen and oxygen atoms in total. The van der Waals surface area contributed by atoms with Crippen LogP contribution in [-0.2, 0) is 28.6 Å². The van der Waals surface area contributed by atoms with Gasteiger partial charge in [-0.05, 0) is 51.4 Å². The van der Waals surface area contributed by atoms with Gasteiger partial charge in [0.2, 0.25) is 0 Å². The minimum atomic E-state index is -1.14. The van der Waals surface area contributed by atoms with E-state index in [1.807, 2.05) is 0 Å². The van der Waals surface area contributed by atoms with Crippen LogP contribution in [0.15, 0.2) is 36.5 Å². The molecule has 2 atom stereocenters. The lowest BCUT2D eigenvalue weighted by Gasteiger charge is -2.34. The molecule has 254 valence electrons. The Labute approximate surface area is 268 Å². The minimum absolute atomic E-state index is 0.0211. The Hall–Kier alpha value is -2.45. The van der Waals surface area contributed by atoms with Gasteiger partial charge in [0.1, 0.15) is 12.6 Å². The van der Waals surface area contributed by atoms with E-state index in [1.54, 1.807) is 21.1 Å². The fraction of sp³-hybridized carbons (Fsp3) is 0.750. The van der Waals surface area contributed by atoms with E-state index in [9.17, 15) is 19.5 Å². The zero-order valence-corrected chi connectivity index (χ0v) is 28.6. The van der Waals surface area contributed by atoms with E-state index < -0.39 is 18.1 Å². The number of nitrogens with zero attached hydrogens (tertiary/aromatic N) is 1. The number of aliphatic carboxylic acids is 1. The van der Waals surface area contributed by atoms with Crippen molar-refractivity contribution in [3.8, 4) is 0 Å². The summed E-state index contributed by atoms with van der Waals surface area (Å²) in [6.45, 7) is 4.47. The molecule has 0 saturated heterocycles. The monoisotopic (exact) mass is 621 g/mol. The normalized spacial score (nSPS) is 13.6. The van der Waals surface area contributed by atoms with Gasteiger partial charge in [-0.25, -0.2) is 0 Å². The van der Waals surface area contributed by atoms with Crippen molar-refractivity contribution >= 4 is 17.9 Å². The summed E-state index contributed by atoms with van der Waals surface area (Å²) in [7, 11) is 5.36. The summed E-state index contributed by atoms with van der Waals surface area (Å²) in [4.78, 5) is 36.4. The Kier molecular flexibility index (Phi) is 26.5. The molecule has 0 aromatic carbocycles. The predicted molar refractivity (Wildman–Crippen MR) is 176 cm³/mol.